The van der Waals surface area contributed by atoms with Gasteiger partial charge in [-0.2, -0.15) is 0 Å². The molecule has 0 aliphatic carbocycles. The zero-order valence-corrected chi connectivity index (χ0v) is 15.6. The van der Waals surface area contributed by atoms with Crippen LogP contribution in [0.25, 0.3) is 0 Å². The van der Waals surface area contributed by atoms with Crippen molar-refractivity contribution in [1.29, 1.82) is 0 Å². The fraction of sp³-hybridized carbons (Fsp3) is 0.684. The molecular weight excluding hydrogens is 322 g/mol. The smallest absolute Gasteiger partial charge is 0.0305 e. The van der Waals surface area contributed by atoms with Crippen LogP contribution >= 0.6 is 15.9 Å². The molecule has 1 aromatic rings. The van der Waals surface area contributed by atoms with Crippen molar-refractivity contribution in [2.24, 2.45) is 0 Å². The van der Waals surface area contributed by atoms with E-state index < -0.39 is 0 Å². The Labute approximate surface area is 140 Å². The number of rotatable bonds is 11. The summed E-state index contributed by atoms with van der Waals surface area (Å²) in [6.07, 6.45) is 10.7. The van der Waals surface area contributed by atoms with Crippen molar-refractivity contribution in [3.05, 3.63) is 34.3 Å². The molecule has 0 saturated heterocycles. The predicted octanol–water partition coefficient (Wildman–Crippen LogP) is 6.63. The largest absolute Gasteiger partial charge is 0.307 e. The lowest BCUT2D eigenvalue weighted by Gasteiger charge is -2.24. The van der Waals surface area contributed by atoms with Gasteiger partial charge < -0.3 is 5.32 Å². The average molecular weight is 354 g/mol. The quantitative estimate of drug-likeness (QED) is 0.440. The molecule has 0 unspecified atom stereocenters. The van der Waals surface area contributed by atoms with E-state index in [-0.39, 0.29) is 0 Å². The molecule has 1 N–H and O–H groups in total. The van der Waals surface area contributed by atoms with E-state index in [1.807, 2.05) is 0 Å². The molecule has 0 amide bonds. The average Bonchev–Trinajstić information content (AvgIpc) is 2.48. The topological polar surface area (TPSA) is 12.0 Å². The highest BCUT2D eigenvalue weighted by atomic mass is 79.9. The van der Waals surface area contributed by atoms with E-state index in [4.69, 9.17) is 0 Å². The maximum atomic E-state index is 3.86. The highest BCUT2D eigenvalue weighted by molar-refractivity contribution is 9.10. The van der Waals surface area contributed by atoms with Crippen molar-refractivity contribution in [2.45, 2.75) is 84.2 Å². The van der Waals surface area contributed by atoms with Gasteiger partial charge in [0.25, 0.3) is 0 Å². The van der Waals surface area contributed by atoms with Crippen molar-refractivity contribution in [3.63, 3.8) is 0 Å². The molecule has 1 aromatic carbocycles. The first-order chi connectivity index (χ1) is 10.2. The molecule has 0 radical (unpaired) electrons. The minimum atomic E-state index is 0.411. The van der Waals surface area contributed by atoms with E-state index in [1.165, 1.54) is 61.4 Å². The summed E-state index contributed by atoms with van der Waals surface area (Å²) in [5.74, 6) is 0. The fourth-order valence-corrected chi connectivity index (χ4v) is 3.49. The highest BCUT2D eigenvalue weighted by Gasteiger charge is 2.14. The van der Waals surface area contributed by atoms with E-state index in [9.17, 15) is 0 Å². The van der Waals surface area contributed by atoms with Gasteiger partial charge in [-0.15, -0.1) is 0 Å². The van der Waals surface area contributed by atoms with E-state index in [2.05, 4.69) is 66.3 Å². The molecule has 1 atom stereocenters. The van der Waals surface area contributed by atoms with Gasteiger partial charge in [0, 0.05) is 16.6 Å². The Morgan fingerprint density at radius 3 is 2.05 bits per heavy atom. The molecule has 0 saturated carbocycles. The van der Waals surface area contributed by atoms with Crippen LogP contribution in [0.15, 0.2) is 28.7 Å². The summed E-state index contributed by atoms with van der Waals surface area (Å²) in [7, 11) is 0. The third kappa shape index (κ3) is 7.46. The van der Waals surface area contributed by atoms with E-state index >= 15 is 0 Å². The Morgan fingerprint density at radius 2 is 1.52 bits per heavy atom. The number of hydrogen-bond donors (Lipinski definition) is 1. The molecule has 0 fully saturated rings. The minimum absolute atomic E-state index is 0.411. The fourth-order valence-electron chi connectivity index (χ4n) is 2.86. The second-order valence-corrected chi connectivity index (χ2v) is 6.95. The van der Waals surface area contributed by atoms with Gasteiger partial charge in [-0.1, -0.05) is 86.5 Å². The lowest BCUT2D eigenvalue weighted by Crippen LogP contribution is -2.31. The zero-order chi connectivity index (χ0) is 15.5. The van der Waals surface area contributed by atoms with Crippen LogP contribution in [0.5, 0.6) is 0 Å². The second-order valence-electron chi connectivity index (χ2n) is 6.10. The van der Waals surface area contributed by atoms with Crippen LogP contribution in [-0.4, -0.2) is 6.04 Å². The van der Waals surface area contributed by atoms with Gasteiger partial charge in [0.2, 0.25) is 0 Å². The highest BCUT2D eigenvalue weighted by Crippen LogP contribution is 2.24. The van der Waals surface area contributed by atoms with E-state index in [0.717, 1.165) is 0 Å². The summed E-state index contributed by atoms with van der Waals surface area (Å²) >= 11 is 3.67. The van der Waals surface area contributed by atoms with Crippen molar-refractivity contribution >= 4 is 15.9 Å². The summed E-state index contributed by atoms with van der Waals surface area (Å²) in [4.78, 5) is 0. The molecule has 0 heterocycles. The molecule has 0 aliphatic rings. The Bertz CT molecular complexity index is 368. The van der Waals surface area contributed by atoms with Crippen LogP contribution in [0.4, 0.5) is 0 Å². The summed E-state index contributed by atoms with van der Waals surface area (Å²) < 4.78 is 1.21. The Kier molecular flexibility index (Phi) is 10.0. The number of halogens is 1. The number of hydrogen-bond acceptors (Lipinski definition) is 1. The van der Waals surface area contributed by atoms with Gasteiger partial charge in [0.05, 0.1) is 0 Å². The SMILES string of the molecule is CCCCCC(CCCCC)N[C@H](C)c1ccccc1Br. The van der Waals surface area contributed by atoms with Crippen molar-refractivity contribution < 1.29 is 0 Å². The Balaban J connectivity index is 2.54. The maximum Gasteiger partial charge on any atom is 0.0305 e. The van der Waals surface area contributed by atoms with Gasteiger partial charge in [-0.05, 0) is 31.4 Å². The monoisotopic (exact) mass is 353 g/mol. The van der Waals surface area contributed by atoms with Crippen LogP contribution in [-0.2, 0) is 0 Å². The maximum absolute atomic E-state index is 3.86. The van der Waals surface area contributed by atoms with E-state index in [1.54, 1.807) is 0 Å². The zero-order valence-electron chi connectivity index (χ0n) is 14.0. The molecule has 0 bridgehead atoms. The van der Waals surface area contributed by atoms with Crippen LogP contribution in [0.2, 0.25) is 0 Å². The normalized spacial score (nSPS) is 12.8. The van der Waals surface area contributed by atoms with Gasteiger partial charge in [0.1, 0.15) is 0 Å². The van der Waals surface area contributed by atoms with Crippen molar-refractivity contribution in [2.75, 3.05) is 0 Å². The third-order valence-corrected chi connectivity index (χ3v) is 4.89. The molecule has 0 aromatic heterocycles. The van der Waals surface area contributed by atoms with Crippen LogP contribution in [0, 0.1) is 0 Å². The summed E-state index contributed by atoms with van der Waals surface area (Å²) in [5, 5.41) is 3.86. The van der Waals surface area contributed by atoms with Gasteiger partial charge in [0.15, 0.2) is 0 Å². The molecular formula is C19H32BrN. The summed E-state index contributed by atoms with van der Waals surface area (Å²) in [6.45, 7) is 6.85. The molecule has 0 spiro atoms. The minimum Gasteiger partial charge on any atom is -0.307 e. The molecule has 1 nitrogen and oxygen atoms in total. The van der Waals surface area contributed by atoms with Gasteiger partial charge in [-0.25, -0.2) is 0 Å². The summed E-state index contributed by atoms with van der Waals surface area (Å²) in [6, 6.07) is 9.63. The van der Waals surface area contributed by atoms with Crippen LogP contribution in [0.1, 0.15) is 83.7 Å². The Morgan fingerprint density at radius 1 is 0.952 bits per heavy atom. The van der Waals surface area contributed by atoms with Crippen molar-refractivity contribution in [1.82, 2.24) is 5.32 Å². The second kappa shape index (κ2) is 11.3. The first-order valence-corrected chi connectivity index (χ1v) is 9.48. The van der Waals surface area contributed by atoms with E-state index in [0.29, 0.717) is 12.1 Å². The standard InChI is InChI=1S/C19H32BrN/c1-4-6-8-12-17(13-9-7-5-2)21-16(3)18-14-10-11-15-19(18)20/h10-11,14-17,21H,4-9,12-13H2,1-3H3/t16-/m1/s1. The molecule has 21 heavy (non-hydrogen) atoms. The number of unbranched alkanes of at least 4 members (excludes halogenated alkanes) is 4. The third-order valence-electron chi connectivity index (χ3n) is 4.17. The van der Waals surface area contributed by atoms with Gasteiger partial charge in [-0.3, -0.25) is 0 Å². The molecule has 0 aliphatic heterocycles. The molecule has 2 heteroatoms. The lowest BCUT2D eigenvalue weighted by molar-refractivity contribution is 0.384. The van der Waals surface area contributed by atoms with Crippen molar-refractivity contribution in [3.8, 4) is 0 Å². The molecule has 120 valence electrons. The first kappa shape index (κ1) is 18.7. The first-order valence-electron chi connectivity index (χ1n) is 8.69. The van der Waals surface area contributed by atoms with Crippen LogP contribution < -0.4 is 5.32 Å². The molecule has 1 rings (SSSR count). The lowest BCUT2D eigenvalue weighted by atomic mass is 9.99. The number of nitrogens with one attached hydrogen (secondary N) is 1. The number of benzene rings is 1. The van der Waals surface area contributed by atoms with Gasteiger partial charge >= 0.3 is 0 Å². The Hall–Kier alpha value is -0.340. The predicted molar refractivity (Wildman–Crippen MR) is 97.8 cm³/mol. The summed E-state index contributed by atoms with van der Waals surface area (Å²) in [5.41, 5.74) is 1.37. The van der Waals surface area contributed by atoms with Crippen LogP contribution in [0.3, 0.4) is 0 Å².